The van der Waals surface area contributed by atoms with Gasteiger partial charge in [-0.2, -0.15) is 0 Å². The third-order valence-electron chi connectivity index (χ3n) is 2.68. The van der Waals surface area contributed by atoms with E-state index in [1.807, 2.05) is 6.92 Å². The predicted molar refractivity (Wildman–Crippen MR) is 73.3 cm³/mol. The number of nitrogens with one attached hydrogen (secondary N) is 1. The normalized spacial score (nSPS) is 10.2. The van der Waals surface area contributed by atoms with E-state index in [2.05, 4.69) is 5.32 Å². The standard InChI is InChI=1S/C14H14N2O3/c1-8-2-5-13(18)10(6-8)14(19)16-12-4-3-9(17)7-11(12)15/h2-7,17-18H,15H2,1H3,(H,16,19). The number of aromatic hydroxyl groups is 2. The maximum atomic E-state index is 12.0. The Kier molecular flexibility index (Phi) is 3.29. The number of phenolic OH excluding ortho intramolecular Hbond substituents is 2. The second-order valence-corrected chi connectivity index (χ2v) is 4.25. The van der Waals surface area contributed by atoms with Crippen molar-refractivity contribution < 1.29 is 15.0 Å². The number of nitrogen functional groups attached to an aromatic ring is 1. The first-order valence-corrected chi connectivity index (χ1v) is 5.67. The van der Waals surface area contributed by atoms with E-state index in [4.69, 9.17) is 5.73 Å². The lowest BCUT2D eigenvalue weighted by molar-refractivity contribution is 0.102. The Bertz CT molecular complexity index is 639. The summed E-state index contributed by atoms with van der Waals surface area (Å²) < 4.78 is 0. The molecule has 1 amide bonds. The zero-order chi connectivity index (χ0) is 14.0. The average Bonchev–Trinajstić information content (AvgIpc) is 2.35. The molecule has 0 bridgehead atoms. The maximum Gasteiger partial charge on any atom is 0.259 e. The van der Waals surface area contributed by atoms with Crippen LogP contribution in [0.25, 0.3) is 0 Å². The van der Waals surface area contributed by atoms with Crippen LogP contribution in [0.1, 0.15) is 15.9 Å². The lowest BCUT2D eigenvalue weighted by Crippen LogP contribution is -2.13. The average molecular weight is 258 g/mol. The SMILES string of the molecule is Cc1ccc(O)c(C(=O)Nc2ccc(O)cc2N)c1. The van der Waals surface area contributed by atoms with Crippen LogP contribution in [0.15, 0.2) is 36.4 Å². The van der Waals surface area contributed by atoms with Crippen LogP contribution in [-0.4, -0.2) is 16.1 Å². The van der Waals surface area contributed by atoms with E-state index in [0.717, 1.165) is 5.56 Å². The van der Waals surface area contributed by atoms with E-state index in [1.165, 1.54) is 24.3 Å². The maximum absolute atomic E-state index is 12.0. The van der Waals surface area contributed by atoms with Gasteiger partial charge in [0.1, 0.15) is 11.5 Å². The lowest BCUT2D eigenvalue weighted by atomic mass is 10.1. The molecule has 5 N–H and O–H groups in total. The van der Waals surface area contributed by atoms with Gasteiger partial charge in [-0.3, -0.25) is 4.79 Å². The predicted octanol–water partition coefficient (Wildman–Crippen LogP) is 2.24. The summed E-state index contributed by atoms with van der Waals surface area (Å²) in [4.78, 5) is 12.0. The molecule has 0 atom stereocenters. The lowest BCUT2D eigenvalue weighted by Gasteiger charge is -2.10. The highest BCUT2D eigenvalue weighted by Gasteiger charge is 2.12. The van der Waals surface area contributed by atoms with Crippen molar-refractivity contribution in [3.63, 3.8) is 0 Å². The first kappa shape index (κ1) is 12.8. The molecule has 98 valence electrons. The molecule has 0 saturated heterocycles. The van der Waals surface area contributed by atoms with Crippen molar-refractivity contribution in [3.05, 3.63) is 47.5 Å². The van der Waals surface area contributed by atoms with Crippen LogP contribution in [0, 0.1) is 6.92 Å². The van der Waals surface area contributed by atoms with Gasteiger partial charge in [0, 0.05) is 6.07 Å². The summed E-state index contributed by atoms with van der Waals surface area (Å²) in [6.45, 7) is 1.82. The molecule has 5 heteroatoms. The quantitative estimate of drug-likeness (QED) is 0.490. The number of aryl methyl sites for hydroxylation is 1. The van der Waals surface area contributed by atoms with Crippen LogP contribution in [-0.2, 0) is 0 Å². The number of phenols is 2. The fourth-order valence-corrected chi connectivity index (χ4v) is 1.69. The van der Waals surface area contributed by atoms with Crippen LogP contribution in [0.2, 0.25) is 0 Å². The third-order valence-corrected chi connectivity index (χ3v) is 2.68. The van der Waals surface area contributed by atoms with Gasteiger partial charge in [0.25, 0.3) is 5.91 Å². The van der Waals surface area contributed by atoms with Crippen LogP contribution in [0.3, 0.4) is 0 Å². The largest absolute Gasteiger partial charge is 0.508 e. The van der Waals surface area contributed by atoms with Crippen LogP contribution in [0.5, 0.6) is 11.5 Å². The molecule has 0 radical (unpaired) electrons. The van der Waals surface area contributed by atoms with Crippen molar-refractivity contribution in [2.24, 2.45) is 0 Å². The van der Waals surface area contributed by atoms with E-state index in [0.29, 0.717) is 5.69 Å². The Balaban J connectivity index is 2.28. The molecule has 0 spiro atoms. The van der Waals surface area contributed by atoms with Crippen molar-refractivity contribution in [3.8, 4) is 11.5 Å². The number of nitrogens with two attached hydrogens (primary N) is 1. The minimum Gasteiger partial charge on any atom is -0.508 e. The van der Waals surface area contributed by atoms with Crippen molar-refractivity contribution in [1.82, 2.24) is 0 Å². The molecular formula is C14H14N2O3. The van der Waals surface area contributed by atoms with Crippen molar-refractivity contribution in [2.45, 2.75) is 6.92 Å². The van der Waals surface area contributed by atoms with E-state index >= 15 is 0 Å². The minimum atomic E-state index is -0.460. The van der Waals surface area contributed by atoms with Gasteiger partial charge >= 0.3 is 0 Å². The zero-order valence-corrected chi connectivity index (χ0v) is 10.3. The highest BCUT2D eigenvalue weighted by atomic mass is 16.3. The number of carbonyl (C=O) groups excluding carboxylic acids is 1. The summed E-state index contributed by atoms with van der Waals surface area (Å²) in [5.74, 6) is -0.534. The molecule has 0 fully saturated rings. The van der Waals surface area contributed by atoms with Gasteiger partial charge in [0.15, 0.2) is 0 Å². The Morgan fingerprint density at radius 3 is 2.58 bits per heavy atom. The van der Waals surface area contributed by atoms with Crippen molar-refractivity contribution >= 4 is 17.3 Å². The Labute approximate surface area is 110 Å². The van der Waals surface area contributed by atoms with E-state index < -0.39 is 5.91 Å². The fourth-order valence-electron chi connectivity index (χ4n) is 1.69. The molecule has 0 unspecified atom stereocenters. The van der Waals surface area contributed by atoms with Gasteiger partial charge in [0.05, 0.1) is 16.9 Å². The number of rotatable bonds is 2. The third kappa shape index (κ3) is 2.77. The number of hydrogen-bond donors (Lipinski definition) is 4. The van der Waals surface area contributed by atoms with Gasteiger partial charge in [-0.25, -0.2) is 0 Å². The molecule has 2 aromatic carbocycles. The van der Waals surface area contributed by atoms with Crippen molar-refractivity contribution in [1.29, 1.82) is 0 Å². The number of anilines is 2. The smallest absolute Gasteiger partial charge is 0.259 e. The number of benzene rings is 2. The molecular weight excluding hydrogens is 244 g/mol. The number of carbonyl (C=O) groups is 1. The highest BCUT2D eigenvalue weighted by Crippen LogP contribution is 2.25. The van der Waals surface area contributed by atoms with Gasteiger partial charge < -0.3 is 21.3 Å². The van der Waals surface area contributed by atoms with Crippen molar-refractivity contribution in [2.75, 3.05) is 11.1 Å². The fraction of sp³-hybridized carbons (Fsp3) is 0.0714. The zero-order valence-electron chi connectivity index (χ0n) is 10.3. The first-order chi connectivity index (χ1) is 8.97. The molecule has 0 aliphatic heterocycles. The van der Waals surface area contributed by atoms with Gasteiger partial charge in [-0.05, 0) is 31.2 Å². The van der Waals surface area contributed by atoms with E-state index in [1.54, 1.807) is 12.1 Å². The number of amides is 1. The summed E-state index contributed by atoms with van der Waals surface area (Å²) >= 11 is 0. The van der Waals surface area contributed by atoms with Gasteiger partial charge in [-0.1, -0.05) is 11.6 Å². The van der Waals surface area contributed by atoms with Gasteiger partial charge in [-0.15, -0.1) is 0 Å². The Hall–Kier alpha value is -2.69. The van der Waals surface area contributed by atoms with E-state index in [-0.39, 0.29) is 22.7 Å². The molecule has 2 rings (SSSR count). The summed E-state index contributed by atoms with van der Waals surface area (Å²) in [6, 6.07) is 9.01. The number of hydrogen-bond acceptors (Lipinski definition) is 4. The first-order valence-electron chi connectivity index (χ1n) is 5.67. The summed E-state index contributed by atoms with van der Waals surface area (Å²) in [6.07, 6.45) is 0. The molecule has 19 heavy (non-hydrogen) atoms. The molecule has 5 nitrogen and oxygen atoms in total. The Morgan fingerprint density at radius 2 is 1.89 bits per heavy atom. The molecule has 0 aliphatic carbocycles. The molecule has 2 aromatic rings. The van der Waals surface area contributed by atoms with Crippen LogP contribution in [0.4, 0.5) is 11.4 Å². The molecule has 0 aromatic heterocycles. The molecule has 0 heterocycles. The molecule has 0 saturated carbocycles. The topological polar surface area (TPSA) is 95.6 Å². The summed E-state index contributed by atoms with van der Waals surface area (Å²) in [7, 11) is 0. The summed E-state index contributed by atoms with van der Waals surface area (Å²) in [5, 5.41) is 21.5. The minimum absolute atomic E-state index is 0.0221. The van der Waals surface area contributed by atoms with Gasteiger partial charge in [0.2, 0.25) is 0 Å². The second-order valence-electron chi connectivity index (χ2n) is 4.25. The van der Waals surface area contributed by atoms with Crippen LogP contribution >= 0.6 is 0 Å². The van der Waals surface area contributed by atoms with Crippen LogP contribution < -0.4 is 11.1 Å². The van der Waals surface area contributed by atoms with E-state index in [9.17, 15) is 15.0 Å². The molecule has 0 aliphatic rings. The second kappa shape index (κ2) is 4.89. The Morgan fingerprint density at radius 1 is 1.16 bits per heavy atom. The summed E-state index contributed by atoms with van der Waals surface area (Å²) in [5.41, 5.74) is 7.34. The highest BCUT2D eigenvalue weighted by molar-refractivity contribution is 6.07. The monoisotopic (exact) mass is 258 g/mol.